The van der Waals surface area contributed by atoms with Gasteiger partial charge in [-0.1, -0.05) is 36.4 Å². The Morgan fingerprint density at radius 3 is 2.41 bits per heavy atom. The summed E-state index contributed by atoms with van der Waals surface area (Å²) in [7, 11) is 0. The molecule has 2 aromatic heterocycles. The molecule has 41 heavy (non-hydrogen) atoms. The first-order chi connectivity index (χ1) is 19.5. The van der Waals surface area contributed by atoms with Crippen LogP contribution in [0.1, 0.15) is 28.2 Å². The van der Waals surface area contributed by atoms with E-state index >= 15 is 0 Å². The summed E-state index contributed by atoms with van der Waals surface area (Å²) in [6.45, 7) is 0.331. The zero-order valence-corrected chi connectivity index (χ0v) is 21.7. The minimum Gasteiger partial charge on any atom is -0.322 e. The molecule has 0 spiro atoms. The van der Waals surface area contributed by atoms with Crippen LogP contribution in [0, 0.1) is 0 Å². The molecule has 6 nitrogen and oxygen atoms in total. The maximum atomic E-state index is 13.9. The van der Waals surface area contributed by atoms with E-state index in [0.29, 0.717) is 22.4 Å². The predicted molar refractivity (Wildman–Crippen MR) is 145 cm³/mol. The van der Waals surface area contributed by atoms with Gasteiger partial charge in [-0.15, -0.1) is 0 Å². The largest absolute Gasteiger partial charge is 0.433 e. The van der Waals surface area contributed by atoms with Crippen LogP contribution in [0.3, 0.4) is 0 Å². The van der Waals surface area contributed by atoms with Crippen molar-refractivity contribution in [1.29, 1.82) is 0 Å². The van der Waals surface area contributed by atoms with Crippen molar-refractivity contribution in [2.24, 2.45) is 5.73 Å². The smallest absolute Gasteiger partial charge is 0.322 e. The number of benzene rings is 2. The first-order valence-corrected chi connectivity index (χ1v) is 12.8. The van der Waals surface area contributed by atoms with Crippen LogP contribution in [-0.4, -0.2) is 45.8 Å². The van der Waals surface area contributed by atoms with Crippen molar-refractivity contribution in [3.8, 4) is 22.3 Å². The van der Waals surface area contributed by atoms with E-state index in [-0.39, 0.29) is 31.7 Å². The lowest BCUT2D eigenvalue weighted by Crippen LogP contribution is -2.54. The summed E-state index contributed by atoms with van der Waals surface area (Å²) >= 11 is 0. The number of halogens is 5. The number of alkyl halides is 5. The first-order valence-electron chi connectivity index (χ1n) is 12.8. The summed E-state index contributed by atoms with van der Waals surface area (Å²) in [4.78, 5) is 22.7. The maximum Gasteiger partial charge on any atom is 0.433 e. The van der Waals surface area contributed by atoms with E-state index in [2.05, 4.69) is 15.3 Å². The van der Waals surface area contributed by atoms with E-state index in [4.69, 9.17) is 5.73 Å². The standard InChI is InChI=1S/C30H26F5N5O/c31-29(32)9-11-40(18-26(29)36)17-19-12-23(22-6-7-27(38-16-22)30(33,34)35)14-24(13-19)39-28(41)25-15-21(8-10-37-25)20-4-2-1-3-5-20/h1-8,10,12-16,26H,9,11,17-18,36H2,(H,39,41)/t26-/m1/s1. The van der Waals surface area contributed by atoms with Crippen LogP contribution >= 0.6 is 0 Å². The van der Waals surface area contributed by atoms with E-state index in [1.54, 1.807) is 35.2 Å². The number of hydrogen-bond acceptors (Lipinski definition) is 5. The molecule has 1 atom stereocenters. The Hall–Kier alpha value is -4.22. The third kappa shape index (κ3) is 6.75. The second-order valence-corrected chi connectivity index (χ2v) is 9.95. The summed E-state index contributed by atoms with van der Waals surface area (Å²) in [6.07, 6.45) is -2.34. The molecule has 4 aromatic rings. The number of carbonyl (C=O) groups is 1. The molecule has 0 radical (unpaired) electrons. The van der Waals surface area contributed by atoms with Gasteiger partial charge in [0, 0.05) is 49.7 Å². The zero-order chi connectivity index (χ0) is 29.2. The zero-order valence-electron chi connectivity index (χ0n) is 21.7. The highest BCUT2D eigenvalue weighted by molar-refractivity contribution is 6.03. The van der Waals surface area contributed by atoms with E-state index < -0.39 is 29.7 Å². The van der Waals surface area contributed by atoms with Gasteiger partial charge in [-0.25, -0.2) is 8.78 Å². The Bertz CT molecular complexity index is 1530. The van der Waals surface area contributed by atoms with Crippen molar-refractivity contribution in [2.75, 3.05) is 18.4 Å². The van der Waals surface area contributed by atoms with E-state index in [1.807, 2.05) is 30.3 Å². The van der Waals surface area contributed by atoms with Gasteiger partial charge in [-0.05, 0) is 58.7 Å². The van der Waals surface area contributed by atoms with Gasteiger partial charge in [-0.2, -0.15) is 13.2 Å². The Balaban J connectivity index is 1.44. The van der Waals surface area contributed by atoms with Gasteiger partial charge in [0.15, 0.2) is 0 Å². The lowest BCUT2D eigenvalue weighted by molar-refractivity contribution is -0.141. The van der Waals surface area contributed by atoms with E-state index in [0.717, 1.165) is 23.4 Å². The van der Waals surface area contributed by atoms with Gasteiger partial charge in [0.05, 0.1) is 6.04 Å². The van der Waals surface area contributed by atoms with Crippen LogP contribution in [0.5, 0.6) is 0 Å². The molecule has 1 saturated heterocycles. The topological polar surface area (TPSA) is 84.1 Å². The van der Waals surface area contributed by atoms with E-state index in [9.17, 15) is 26.7 Å². The molecule has 0 aliphatic carbocycles. The number of likely N-dealkylation sites (tertiary alicyclic amines) is 1. The second kappa shape index (κ2) is 11.3. The van der Waals surface area contributed by atoms with Gasteiger partial charge >= 0.3 is 6.18 Å². The van der Waals surface area contributed by atoms with Gasteiger partial charge in [0.25, 0.3) is 11.8 Å². The molecule has 2 aromatic carbocycles. The van der Waals surface area contributed by atoms with Gasteiger partial charge < -0.3 is 11.1 Å². The van der Waals surface area contributed by atoms with Crippen molar-refractivity contribution >= 4 is 11.6 Å². The van der Waals surface area contributed by atoms with Crippen molar-refractivity contribution in [3.63, 3.8) is 0 Å². The number of pyridine rings is 2. The number of carbonyl (C=O) groups excluding carboxylic acids is 1. The average molecular weight is 568 g/mol. The number of nitrogens with two attached hydrogens (primary N) is 1. The highest BCUT2D eigenvalue weighted by atomic mass is 19.4. The molecule has 3 heterocycles. The molecule has 212 valence electrons. The minimum absolute atomic E-state index is 0.0308. The molecular weight excluding hydrogens is 541 g/mol. The maximum absolute atomic E-state index is 13.9. The number of hydrogen-bond donors (Lipinski definition) is 2. The fourth-order valence-electron chi connectivity index (χ4n) is 4.71. The highest BCUT2D eigenvalue weighted by Gasteiger charge is 2.41. The Morgan fingerprint density at radius 2 is 1.73 bits per heavy atom. The molecule has 3 N–H and O–H groups in total. The lowest BCUT2D eigenvalue weighted by atomic mass is 9.99. The van der Waals surface area contributed by atoms with Gasteiger partial charge in [-0.3, -0.25) is 19.7 Å². The SMILES string of the molecule is N[C@@H]1CN(Cc2cc(NC(=O)c3cc(-c4ccccc4)ccn3)cc(-c3ccc(C(F)(F)F)nc3)c2)CCC1(F)F. The highest BCUT2D eigenvalue weighted by Crippen LogP contribution is 2.32. The molecule has 1 fully saturated rings. The fraction of sp³-hybridized carbons (Fsp3) is 0.233. The molecule has 11 heteroatoms. The van der Waals surface area contributed by atoms with Crippen LogP contribution < -0.4 is 11.1 Å². The van der Waals surface area contributed by atoms with Crippen LogP contribution in [-0.2, 0) is 12.7 Å². The molecular formula is C30H26F5N5O. The summed E-state index contributed by atoms with van der Waals surface area (Å²) in [5.74, 6) is -3.44. The van der Waals surface area contributed by atoms with Gasteiger partial charge in [0.1, 0.15) is 11.4 Å². The molecule has 0 bridgehead atoms. The third-order valence-corrected chi connectivity index (χ3v) is 6.90. The monoisotopic (exact) mass is 567 g/mol. The lowest BCUT2D eigenvalue weighted by Gasteiger charge is -2.36. The average Bonchev–Trinajstić information content (AvgIpc) is 2.95. The summed E-state index contributed by atoms with van der Waals surface area (Å²) < 4.78 is 67.0. The quantitative estimate of drug-likeness (QED) is 0.269. The number of nitrogens with zero attached hydrogens (tertiary/aromatic N) is 3. The van der Waals surface area contributed by atoms with Crippen molar-refractivity contribution in [3.05, 3.63) is 102 Å². The number of rotatable bonds is 6. The molecule has 1 aliphatic rings. The van der Waals surface area contributed by atoms with Crippen molar-refractivity contribution < 1.29 is 26.7 Å². The normalized spacial score (nSPS) is 17.3. The molecule has 1 amide bonds. The van der Waals surface area contributed by atoms with Gasteiger partial charge in [0.2, 0.25) is 0 Å². The van der Waals surface area contributed by atoms with Crippen LogP contribution in [0.15, 0.2) is 85.2 Å². The Morgan fingerprint density at radius 1 is 0.951 bits per heavy atom. The van der Waals surface area contributed by atoms with E-state index in [1.165, 1.54) is 12.3 Å². The molecule has 0 saturated carbocycles. The van der Waals surface area contributed by atoms with Crippen LogP contribution in [0.4, 0.5) is 27.6 Å². The number of anilines is 1. The number of nitrogens with one attached hydrogen (secondary N) is 1. The summed E-state index contributed by atoms with van der Waals surface area (Å²) in [5.41, 5.74) is 8.44. The summed E-state index contributed by atoms with van der Waals surface area (Å²) in [5, 5.41) is 2.82. The fourth-order valence-corrected chi connectivity index (χ4v) is 4.71. The third-order valence-electron chi connectivity index (χ3n) is 6.90. The molecule has 1 aliphatic heterocycles. The minimum atomic E-state index is -4.59. The van der Waals surface area contributed by atoms with Crippen LogP contribution in [0.2, 0.25) is 0 Å². The predicted octanol–water partition coefficient (Wildman–Crippen LogP) is 6.25. The summed E-state index contributed by atoms with van der Waals surface area (Å²) in [6, 6.07) is 18.8. The number of aromatic nitrogens is 2. The van der Waals surface area contributed by atoms with Crippen molar-refractivity contribution in [2.45, 2.75) is 31.1 Å². The van der Waals surface area contributed by atoms with Crippen molar-refractivity contribution in [1.82, 2.24) is 14.9 Å². The first kappa shape index (κ1) is 28.3. The Labute approximate surface area is 233 Å². The number of amides is 1. The Kier molecular flexibility index (Phi) is 7.83. The molecule has 0 unspecified atom stereocenters. The molecule has 5 rings (SSSR count). The number of piperidine rings is 1. The van der Waals surface area contributed by atoms with Crippen LogP contribution in [0.25, 0.3) is 22.3 Å². The second-order valence-electron chi connectivity index (χ2n) is 9.95.